The fourth-order valence-corrected chi connectivity index (χ4v) is 4.88. The minimum atomic E-state index is -3.42. The van der Waals surface area contributed by atoms with Gasteiger partial charge in [0.2, 0.25) is 0 Å². The van der Waals surface area contributed by atoms with E-state index in [1.54, 1.807) is 50.3 Å². The van der Waals surface area contributed by atoms with Crippen LogP contribution >= 0.6 is 7.60 Å². The summed E-state index contributed by atoms with van der Waals surface area (Å²) in [6.45, 7) is 4.77. The summed E-state index contributed by atoms with van der Waals surface area (Å²) in [5.41, 5.74) is -0.267. The van der Waals surface area contributed by atoms with E-state index >= 15 is 0 Å². The molecule has 1 aliphatic heterocycles. The van der Waals surface area contributed by atoms with Crippen molar-refractivity contribution in [1.29, 1.82) is 0 Å². The lowest BCUT2D eigenvalue weighted by Crippen LogP contribution is -2.33. The average Bonchev–Trinajstić information content (AvgIpc) is 2.90. The molecular weight excluding hydrogens is 501 g/mol. The fourth-order valence-electron chi connectivity index (χ4n) is 3.46. The van der Waals surface area contributed by atoms with E-state index in [0.29, 0.717) is 12.2 Å². The zero-order valence-corrected chi connectivity index (χ0v) is 22.0. The van der Waals surface area contributed by atoms with Crippen molar-refractivity contribution in [3.63, 3.8) is 0 Å². The molecule has 0 unspecified atom stereocenters. The largest absolute Gasteiger partial charge is 0.409 e. The molecule has 1 saturated heterocycles. The van der Waals surface area contributed by atoms with Gasteiger partial charge in [0, 0.05) is 30.0 Å². The Morgan fingerprint density at radius 1 is 1.19 bits per heavy atom. The zero-order valence-electron chi connectivity index (χ0n) is 21.1. The Kier molecular flexibility index (Phi) is 11.5. The maximum absolute atomic E-state index is 12.8. The highest BCUT2D eigenvalue weighted by Gasteiger charge is 2.22. The number of anilines is 1. The second kappa shape index (κ2) is 14.8. The van der Waals surface area contributed by atoms with Crippen molar-refractivity contribution < 1.29 is 32.7 Å². The number of hydrogen-bond acceptors (Lipinski definition) is 9. The van der Waals surface area contributed by atoms with Crippen molar-refractivity contribution in [3.05, 3.63) is 70.5 Å². The van der Waals surface area contributed by atoms with Crippen LogP contribution in [-0.4, -0.2) is 54.9 Å². The quantitative estimate of drug-likeness (QED) is 0.359. The predicted octanol–water partition coefficient (Wildman–Crippen LogP) is 3.86. The van der Waals surface area contributed by atoms with Crippen LogP contribution < -0.4 is 15.8 Å². The van der Waals surface area contributed by atoms with Gasteiger partial charge in [0.25, 0.3) is 5.91 Å². The van der Waals surface area contributed by atoms with Gasteiger partial charge in [-0.3, -0.25) is 9.36 Å². The summed E-state index contributed by atoms with van der Waals surface area (Å²) >= 11 is 0. The summed E-state index contributed by atoms with van der Waals surface area (Å²) in [5.74, 6) is 0.709. The second-order valence-corrected chi connectivity index (χ2v) is 10.0. The van der Waals surface area contributed by atoms with Crippen LogP contribution in [-0.2, 0) is 23.1 Å². The van der Waals surface area contributed by atoms with Gasteiger partial charge in [-0.05, 0) is 45.2 Å². The standard InChI is InChI=1S/C25H34N3O8P/c1-3-35-37(31,36-4-2)17-14-20(18-33-23-12-8-9-16-32-23)19-34-28-15-13-22(27-25(28)30)26-24(29)21-10-6-5-7-11-21/h5-7,10-11,13-15,17,20,23H,3-4,8-9,12,16,18-19H2,1-2H3,(H,26,27,29,30)/t20-,23+/m1/s1. The Bertz CT molecular complexity index is 1110. The predicted molar refractivity (Wildman–Crippen MR) is 137 cm³/mol. The number of rotatable bonds is 14. The molecule has 1 fully saturated rings. The lowest BCUT2D eigenvalue weighted by atomic mass is 10.2. The molecule has 3 rings (SSSR count). The Balaban J connectivity index is 1.65. The first-order chi connectivity index (χ1) is 17.9. The smallest absolute Gasteiger partial charge is 0.382 e. The normalized spacial score (nSPS) is 17.0. The van der Waals surface area contributed by atoms with E-state index in [4.69, 9.17) is 23.4 Å². The number of ether oxygens (including phenoxy) is 2. The molecular formula is C25H34N3O8P. The van der Waals surface area contributed by atoms with E-state index in [2.05, 4.69) is 10.3 Å². The van der Waals surface area contributed by atoms with Crippen molar-refractivity contribution in [2.24, 2.45) is 5.92 Å². The third-order valence-electron chi connectivity index (χ3n) is 5.27. The topological polar surface area (TPSA) is 127 Å². The minimum absolute atomic E-state index is 0.0127. The Morgan fingerprint density at radius 2 is 1.95 bits per heavy atom. The van der Waals surface area contributed by atoms with Crippen LogP contribution in [0.4, 0.5) is 5.82 Å². The second-order valence-electron chi connectivity index (χ2n) is 8.14. The van der Waals surface area contributed by atoms with E-state index in [-0.39, 0.29) is 44.4 Å². The van der Waals surface area contributed by atoms with Crippen molar-refractivity contribution in [2.45, 2.75) is 39.4 Å². The maximum atomic E-state index is 12.8. The van der Waals surface area contributed by atoms with Crippen molar-refractivity contribution in [3.8, 4) is 0 Å². The first kappa shape index (κ1) is 28.7. The average molecular weight is 536 g/mol. The minimum Gasteiger partial charge on any atom is -0.409 e. The number of nitrogens with one attached hydrogen (secondary N) is 1. The van der Waals surface area contributed by atoms with Crippen LogP contribution in [0.2, 0.25) is 0 Å². The van der Waals surface area contributed by atoms with Gasteiger partial charge in [0.1, 0.15) is 12.4 Å². The summed E-state index contributed by atoms with van der Waals surface area (Å²) in [4.78, 5) is 34.3. The molecule has 12 heteroatoms. The molecule has 2 heterocycles. The third kappa shape index (κ3) is 9.53. The molecule has 0 bridgehead atoms. The number of carbonyl (C=O) groups is 1. The molecule has 0 spiro atoms. The van der Waals surface area contributed by atoms with E-state index in [0.717, 1.165) is 24.0 Å². The number of amides is 1. The third-order valence-corrected chi connectivity index (χ3v) is 7.04. The Hall–Kier alpha value is -2.82. The maximum Gasteiger partial charge on any atom is 0.382 e. The van der Waals surface area contributed by atoms with Crippen LogP contribution in [0.3, 0.4) is 0 Å². The summed E-state index contributed by atoms with van der Waals surface area (Å²) in [7, 11) is -3.42. The van der Waals surface area contributed by atoms with Crippen molar-refractivity contribution in [1.82, 2.24) is 9.71 Å². The first-order valence-electron chi connectivity index (χ1n) is 12.3. The molecule has 37 heavy (non-hydrogen) atoms. The van der Waals surface area contributed by atoms with Crippen LogP contribution in [0, 0.1) is 5.92 Å². The molecule has 1 N–H and O–H groups in total. The zero-order chi connectivity index (χ0) is 26.5. The molecule has 2 aromatic rings. The van der Waals surface area contributed by atoms with Crippen molar-refractivity contribution in [2.75, 3.05) is 38.4 Å². The Morgan fingerprint density at radius 3 is 2.59 bits per heavy atom. The number of carbonyl (C=O) groups excluding carboxylic acids is 1. The van der Waals surface area contributed by atoms with Gasteiger partial charge in [0.05, 0.1) is 26.0 Å². The van der Waals surface area contributed by atoms with E-state index in [1.165, 1.54) is 18.1 Å². The van der Waals surface area contributed by atoms with Gasteiger partial charge in [-0.2, -0.15) is 4.98 Å². The van der Waals surface area contributed by atoms with E-state index in [9.17, 15) is 14.2 Å². The molecule has 0 saturated carbocycles. The van der Waals surface area contributed by atoms with Crippen LogP contribution in [0.1, 0.15) is 43.5 Å². The summed E-state index contributed by atoms with van der Waals surface area (Å²) in [6, 6.07) is 10.1. The fraction of sp³-hybridized carbons (Fsp3) is 0.480. The highest BCUT2D eigenvalue weighted by Crippen LogP contribution is 2.49. The number of aromatic nitrogens is 2. The SMILES string of the molecule is CCOP(=O)(C=C[C@H](CO[C@H]1CCCCO1)COn1ccc(NC(=O)c2ccccc2)nc1=O)OCC. The lowest BCUT2D eigenvalue weighted by Gasteiger charge is -2.24. The van der Waals surface area contributed by atoms with Crippen LogP contribution in [0.5, 0.6) is 0 Å². The molecule has 1 aliphatic rings. The molecule has 1 aromatic heterocycles. The Labute approximate surface area is 216 Å². The highest BCUT2D eigenvalue weighted by molar-refractivity contribution is 7.57. The summed E-state index contributed by atoms with van der Waals surface area (Å²) in [6.07, 6.45) is 5.48. The monoisotopic (exact) mass is 535 g/mol. The van der Waals surface area contributed by atoms with Gasteiger partial charge >= 0.3 is 13.3 Å². The highest BCUT2D eigenvalue weighted by atomic mass is 31.2. The van der Waals surface area contributed by atoms with Gasteiger partial charge in [-0.25, -0.2) is 4.79 Å². The molecule has 1 aromatic carbocycles. The molecule has 2 atom stereocenters. The molecule has 11 nitrogen and oxygen atoms in total. The lowest BCUT2D eigenvalue weighted by molar-refractivity contribution is -0.169. The molecule has 1 amide bonds. The van der Waals surface area contributed by atoms with Gasteiger partial charge in [-0.1, -0.05) is 24.3 Å². The van der Waals surface area contributed by atoms with E-state index < -0.39 is 19.2 Å². The number of hydrogen-bond donors (Lipinski definition) is 1. The molecule has 0 radical (unpaired) electrons. The summed E-state index contributed by atoms with van der Waals surface area (Å²) in [5, 5.41) is 2.59. The summed E-state index contributed by atoms with van der Waals surface area (Å²) < 4.78 is 35.9. The van der Waals surface area contributed by atoms with Crippen LogP contribution in [0.15, 0.2) is 59.3 Å². The number of benzene rings is 1. The first-order valence-corrected chi connectivity index (χ1v) is 13.9. The van der Waals surface area contributed by atoms with Gasteiger partial charge in [-0.15, -0.1) is 4.73 Å². The molecule has 0 aliphatic carbocycles. The van der Waals surface area contributed by atoms with E-state index in [1.807, 2.05) is 0 Å². The van der Waals surface area contributed by atoms with Crippen molar-refractivity contribution >= 4 is 19.3 Å². The number of nitrogens with zero attached hydrogens (tertiary/aromatic N) is 2. The van der Waals surface area contributed by atoms with Gasteiger partial charge < -0.3 is 28.7 Å². The van der Waals surface area contributed by atoms with Crippen LogP contribution in [0.25, 0.3) is 0 Å². The molecule has 202 valence electrons. The van der Waals surface area contributed by atoms with Gasteiger partial charge in [0.15, 0.2) is 6.29 Å².